The Balaban J connectivity index is 2.24. The zero-order valence-electron chi connectivity index (χ0n) is 10.4. The molecule has 0 atom stereocenters. The van der Waals surface area contributed by atoms with E-state index < -0.39 is 0 Å². The summed E-state index contributed by atoms with van der Waals surface area (Å²) in [6, 6.07) is 6.08. The minimum atomic E-state index is 0.274. The number of nitrogens with zero attached hydrogens (tertiary/aromatic N) is 1. The van der Waals surface area contributed by atoms with E-state index in [0.29, 0.717) is 13.0 Å². The Kier molecular flexibility index (Phi) is 5.33. The third-order valence-electron chi connectivity index (χ3n) is 2.70. The van der Waals surface area contributed by atoms with Crippen molar-refractivity contribution in [3.8, 4) is 5.75 Å². The van der Waals surface area contributed by atoms with Gasteiger partial charge in [0.05, 0.1) is 6.61 Å². The molecule has 0 heterocycles. The minimum Gasteiger partial charge on any atom is -0.494 e. The van der Waals surface area contributed by atoms with Crippen molar-refractivity contribution in [1.82, 2.24) is 0 Å². The molecule has 94 valence electrons. The second kappa shape index (κ2) is 6.78. The maximum atomic E-state index is 8.36. The first kappa shape index (κ1) is 13.4. The predicted octanol–water partition coefficient (Wildman–Crippen LogP) is 2.60. The van der Waals surface area contributed by atoms with E-state index in [1.54, 1.807) is 0 Å². The van der Waals surface area contributed by atoms with E-state index in [2.05, 4.69) is 25.1 Å². The van der Waals surface area contributed by atoms with Gasteiger partial charge >= 0.3 is 0 Å². The SMILES string of the molecule is Cc1ccc(OCCCC/C(N)=N/O)cc1C. The maximum Gasteiger partial charge on any atom is 0.139 e. The van der Waals surface area contributed by atoms with Crippen LogP contribution in [0.5, 0.6) is 5.75 Å². The molecule has 0 aliphatic rings. The maximum absolute atomic E-state index is 8.36. The topological polar surface area (TPSA) is 67.8 Å². The standard InChI is InChI=1S/C13H20N2O2/c1-10-6-7-12(9-11(10)2)17-8-4-3-5-13(14)15-16/h6-7,9,16H,3-5,8H2,1-2H3,(H2,14,15). The van der Waals surface area contributed by atoms with E-state index in [9.17, 15) is 0 Å². The molecule has 0 fully saturated rings. The molecule has 0 unspecified atom stereocenters. The second-order valence-corrected chi connectivity index (χ2v) is 4.14. The van der Waals surface area contributed by atoms with E-state index in [1.165, 1.54) is 11.1 Å². The van der Waals surface area contributed by atoms with Crippen LogP contribution in [0, 0.1) is 13.8 Å². The first-order valence-corrected chi connectivity index (χ1v) is 5.80. The molecule has 3 N–H and O–H groups in total. The lowest BCUT2D eigenvalue weighted by Gasteiger charge is -2.08. The molecule has 0 bridgehead atoms. The fraction of sp³-hybridized carbons (Fsp3) is 0.462. The molecular weight excluding hydrogens is 216 g/mol. The van der Waals surface area contributed by atoms with Crippen LogP contribution in [0.15, 0.2) is 23.4 Å². The molecule has 4 nitrogen and oxygen atoms in total. The molecule has 0 amide bonds. The molecular formula is C13H20N2O2. The van der Waals surface area contributed by atoms with Crippen molar-refractivity contribution in [3.05, 3.63) is 29.3 Å². The lowest BCUT2D eigenvalue weighted by molar-refractivity contribution is 0.304. The summed E-state index contributed by atoms with van der Waals surface area (Å²) in [6.45, 7) is 4.80. The molecule has 17 heavy (non-hydrogen) atoms. The number of hydrogen-bond acceptors (Lipinski definition) is 3. The van der Waals surface area contributed by atoms with E-state index in [-0.39, 0.29) is 5.84 Å². The zero-order chi connectivity index (χ0) is 12.7. The Morgan fingerprint density at radius 1 is 1.29 bits per heavy atom. The highest BCUT2D eigenvalue weighted by molar-refractivity contribution is 5.79. The van der Waals surface area contributed by atoms with E-state index >= 15 is 0 Å². The lowest BCUT2D eigenvalue weighted by atomic mass is 10.1. The third-order valence-corrected chi connectivity index (χ3v) is 2.70. The fourth-order valence-electron chi connectivity index (χ4n) is 1.45. The molecule has 1 rings (SSSR count). The van der Waals surface area contributed by atoms with E-state index in [4.69, 9.17) is 15.7 Å². The summed E-state index contributed by atoms with van der Waals surface area (Å²) < 4.78 is 5.61. The molecule has 0 aromatic heterocycles. The first-order chi connectivity index (χ1) is 8.13. The van der Waals surface area contributed by atoms with Gasteiger partial charge in [-0.25, -0.2) is 0 Å². The summed E-state index contributed by atoms with van der Waals surface area (Å²) in [7, 11) is 0. The molecule has 0 aliphatic heterocycles. The van der Waals surface area contributed by atoms with Crippen LogP contribution in [0.25, 0.3) is 0 Å². The molecule has 1 aromatic rings. The monoisotopic (exact) mass is 236 g/mol. The molecule has 4 heteroatoms. The van der Waals surface area contributed by atoms with Gasteiger partial charge in [-0.1, -0.05) is 11.2 Å². The van der Waals surface area contributed by atoms with Crippen LogP contribution in [0.1, 0.15) is 30.4 Å². The molecule has 0 saturated heterocycles. The van der Waals surface area contributed by atoms with E-state index in [0.717, 1.165) is 18.6 Å². The summed E-state index contributed by atoms with van der Waals surface area (Å²) in [5.74, 6) is 1.17. The summed E-state index contributed by atoms with van der Waals surface area (Å²) in [6.07, 6.45) is 2.36. The second-order valence-electron chi connectivity index (χ2n) is 4.14. The van der Waals surface area contributed by atoms with Gasteiger partial charge in [0, 0.05) is 6.42 Å². The average molecular weight is 236 g/mol. The first-order valence-electron chi connectivity index (χ1n) is 5.80. The summed E-state index contributed by atoms with van der Waals surface area (Å²) >= 11 is 0. The van der Waals surface area contributed by atoms with Gasteiger partial charge < -0.3 is 15.7 Å². The number of hydrogen-bond donors (Lipinski definition) is 2. The van der Waals surface area contributed by atoms with Crippen molar-refractivity contribution in [2.24, 2.45) is 10.9 Å². The molecule has 1 aromatic carbocycles. The van der Waals surface area contributed by atoms with Crippen LogP contribution < -0.4 is 10.5 Å². The van der Waals surface area contributed by atoms with Gasteiger partial charge in [0.1, 0.15) is 11.6 Å². The normalized spacial score (nSPS) is 11.5. The number of ether oxygens (including phenoxy) is 1. The highest BCUT2D eigenvalue weighted by atomic mass is 16.5. The van der Waals surface area contributed by atoms with Gasteiger partial charge in [0.2, 0.25) is 0 Å². The zero-order valence-corrected chi connectivity index (χ0v) is 10.4. The largest absolute Gasteiger partial charge is 0.494 e. The van der Waals surface area contributed by atoms with Gasteiger partial charge in [-0.15, -0.1) is 0 Å². The number of aryl methyl sites for hydroxylation is 2. The molecule has 0 saturated carbocycles. The highest BCUT2D eigenvalue weighted by Crippen LogP contribution is 2.16. The highest BCUT2D eigenvalue weighted by Gasteiger charge is 1.98. The molecule has 0 radical (unpaired) electrons. The number of unbranched alkanes of at least 4 members (excludes halogenated alkanes) is 1. The summed E-state index contributed by atoms with van der Waals surface area (Å²) in [5.41, 5.74) is 7.87. The number of rotatable bonds is 6. The van der Waals surface area contributed by atoms with Crippen molar-refractivity contribution < 1.29 is 9.94 Å². The number of benzene rings is 1. The van der Waals surface area contributed by atoms with Crippen LogP contribution in [0.4, 0.5) is 0 Å². The fourth-order valence-corrected chi connectivity index (χ4v) is 1.45. The quantitative estimate of drug-likeness (QED) is 0.262. The Morgan fingerprint density at radius 3 is 2.71 bits per heavy atom. The summed E-state index contributed by atoms with van der Waals surface area (Å²) in [4.78, 5) is 0. The van der Waals surface area contributed by atoms with Gasteiger partial charge in [-0.3, -0.25) is 0 Å². The van der Waals surface area contributed by atoms with E-state index in [1.807, 2.05) is 12.1 Å². The Bertz CT molecular complexity index is 389. The van der Waals surface area contributed by atoms with Crippen LogP contribution in [-0.4, -0.2) is 17.6 Å². The number of amidine groups is 1. The van der Waals surface area contributed by atoms with Crippen LogP contribution in [0.3, 0.4) is 0 Å². The molecule has 0 spiro atoms. The Hall–Kier alpha value is -1.71. The van der Waals surface area contributed by atoms with Crippen LogP contribution >= 0.6 is 0 Å². The van der Waals surface area contributed by atoms with Crippen LogP contribution in [-0.2, 0) is 0 Å². The number of nitrogens with two attached hydrogens (primary N) is 1. The molecule has 0 aliphatic carbocycles. The lowest BCUT2D eigenvalue weighted by Crippen LogP contribution is -2.11. The van der Waals surface area contributed by atoms with Crippen molar-refractivity contribution in [2.75, 3.05) is 6.61 Å². The van der Waals surface area contributed by atoms with Crippen molar-refractivity contribution in [1.29, 1.82) is 0 Å². The van der Waals surface area contributed by atoms with Crippen LogP contribution in [0.2, 0.25) is 0 Å². The summed E-state index contributed by atoms with van der Waals surface area (Å²) in [5, 5.41) is 11.3. The minimum absolute atomic E-state index is 0.274. The van der Waals surface area contributed by atoms with Gasteiger partial charge in [-0.05, 0) is 49.9 Å². The average Bonchev–Trinajstić information content (AvgIpc) is 2.33. The van der Waals surface area contributed by atoms with Crippen molar-refractivity contribution in [3.63, 3.8) is 0 Å². The van der Waals surface area contributed by atoms with Crippen molar-refractivity contribution in [2.45, 2.75) is 33.1 Å². The number of oxime groups is 1. The Morgan fingerprint density at radius 2 is 2.06 bits per heavy atom. The predicted molar refractivity (Wildman–Crippen MR) is 68.7 cm³/mol. The smallest absolute Gasteiger partial charge is 0.139 e. The van der Waals surface area contributed by atoms with Gasteiger partial charge in [0.15, 0.2) is 0 Å². The van der Waals surface area contributed by atoms with Gasteiger partial charge in [-0.2, -0.15) is 0 Å². The van der Waals surface area contributed by atoms with Gasteiger partial charge in [0.25, 0.3) is 0 Å². The Labute approximate surface area is 102 Å². The van der Waals surface area contributed by atoms with Crippen molar-refractivity contribution >= 4 is 5.84 Å². The third kappa shape index (κ3) is 4.76.